The molecule has 0 spiro atoms. The third kappa shape index (κ3) is 5.51. The van der Waals surface area contributed by atoms with E-state index >= 15 is 0 Å². The van der Waals surface area contributed by atoms with Crippen LogP contribution in [-0.4, -0.2) is 63.4 Å². The van der Waals surface area contributed by atoms with Gasteiger partial charge in [0, 0.05) is 31.1 Å². The molecule has 1 amide bonds. The van der Waals surface area contributed by atoms with Crippen molar-refractivity contribution in [3.05, 3.63) is 17.0 Å². The van der Waals surface area contributed by atoms with Gasteiger partial charge < -0.3 is 9.80 Å². The number of nitrogens with one attached hydrogen (secondary N) is 1. The van der Waals surface area contributed by atoms with Gasteiger partial charge in [-0.05, 0) is 37.9 Å². The number of carbonyl (C=O) groups excluding carboxylic acids is 1. The molecule has 0 bridgehead atoms. The van der Waals surface area contributed by atoms with Crippen molar-refractivity contribution >= 4 is 27.3 Å². The van der Waals surface area contributed by atoms with E-state index < -0.39 is 16.1 Å². The molecule has 25 heavy (non-hydrogen) atoms. The summed E-state index contributed by atoms with van der Waals surface area (Å²) in [5.74, 6) is 0.108. The highest BCUT2D eigenvalue weighted by Crippen LogP contribution is 2.23. The fourth-order valence-corrected chi connectivity index (χ4v) is 5.37. The van der Waals surface area contributed by atoms with Crippen molar-refractivity contribution in [1.29, 1.82) is 0 Å². The molecule has 6 nitrogen and oxygen atoms in total. The molecule has 142 valence electrons. The second-order valence-electron chi connectivity index (χ2n) is 7.01. The van der Waals surface area contributed by atoms with Crippen LogP contribution in [0.15, 0.2) is 16.3 Å². The van der Waals surface area contributed by atoms with Crippen molar-refractivity contribution in [3.8, 4) is 0 Å². The van der Waals surface area contributed by atoms with Crippen molar-refractivity contribution in [2.45, 2.75) is 43.9 Å². The van der Waals surface area contributed by atoms with E-state index in [2.05, 4.69) is 9.62 Å². The van der Waals surface area contributed by atoms with Gasteiger partial charge in [0.2, 0.25) is 5.91 Å². The van der Waals surface area contributed by atoms with E-state index in [1.165, 1.54) is 11.3 Å². The first-order valence-corrected chi connectivity index (χ1v) is 11.1. The van der Waals surface area contributed by atoms with Crippen LogP contribution < -0.4 is 4.72 Å². The molecule has 0 radical (unpaired) electrons. The van der Waals surface area contributed by atoms with Gasteiger partial charge in [0.1, 0.15) is 10.3 Å². The smallest absolute Gasteiger partial charge is 0.250 e. The third-order valence-corrected chi connectivity index (χ3v) is 7.56. The van der Waals surface area contributed by atoms with Gasteiger partial charge in [0.15, 0.2) is 0 Å². The molecule has 1 aliphatic rings. The molecule has 0 aromatic carbocycles. The van der Waals surface area contributed by atoms with Crippen LogP contribution in [0.1, 0.15) is 32.1 Å². The fraction of sp³-hybridized carbons (Fsp3) is 0.706. The average Bonchev–Trinajstić information content (AvgIpc) is 3.03. The number of amides is 1. The minimum Gasteiger partial charge on any atom is -0.339 e. The molecular weight excluding hydrogens is 358 g/mol. The quantitative estimate of drug-likeness (QED) is 0.774. The first-order valence-electron chi connectivity index (χ1n) is 8.81. The summed E-state index contributed by atoms with van der Waals surface area (Å²) in [7, 11) is -1.65. The maximum atomic E-state index is 12.9. The standard InChI is InChI=1S/C17H29N3O3S2/c1-5-14-6-7-16(24-14)25(22,23)18-15(12-13(2)3)17(21)20-10-8-19(4)9-11-20/h6-7,13,15,18H,5,8-12H2,1-4H3/t15-/m1/s1. The van der Waals surface area contributed by atoms with Crippen LogP contribution in [0.25, 0.3) is 0 Å². The predicted molar refractivity (Wildman–Crippen MR) is 101 cm³/mol. The van der Waals surface area contributed by atoms with Gasteiger partial charge in [0.25, 0.3) is 10.0 Å². The molecular formula is C17H29N3O3S2. The van der Waals surface area contributed by atoms with E-state index in [4.69, 9.17) is 0 Å². The molecule has 1 N–H and O–H groups in total. The van der Waals surface area contributed by atoms with Gasteiger partial charge in [-0.15, -0.1) is 11.3 Å². The summed E-state index contributed by atoms with van der Waals surface area (Å²) in [5.41, 5.74) is 0. The zero-order chi connectivity index (χ0) is 18.6. The first-order chi connectivity index (χ1) is 11.7. The molecule has 0 saturated carbocycles. The molecule has 1 aromatic rings. The van der Waals surface area contributed by atoms with Crippen molar-refractivity contribution in [1.82, 2.24) is 14.5 Å². The fourth-order valence-electron chi connectivity index (χ4n) is 2.86. The van der Waals surface area contributed by atoms with Crippen molar-refractivity contribution in [2.75, 3.05) is 33.2 Å². The molecule has 1 aromatic heterocycles. The Hall–Kier alpha value is -0.960. The Balaban J connectivity index is 2.14. The first kappa shape index (κ1) is 20.4. The highest BCUT2D eigenvalue weighted by Gasteiger charge is 2.31. The van der Waals surface area contributed by atoms with Gasteiger partial charge >= 0.3 is 0 Å². The molecule has 1 aliphatic heterocycles. The third-order valence-electron chi connectivity index (χ3n) is 4.37. The van der Waals surface area contributed by atoms with Crippen LogP contribution in [0.3, 0.4) is 0 Å². The Morgan fingerprint density at radius 1 is 1.24 bits per heavy atom. The van der Waals surface area contributed by atoms with Crippen LogP contribution in [0, 0.1) is 5.92 Å². The van der Waals surface area contributed by atoms with Crippen molar-refractivity contribution in [2.24, 2.45) is 5.92 Å². The summed E-state index contributed by atoms with van der Waals surface area (Å²) in [6.07, 6.45) is 1.30. The highest BCUT2D eigenvalue weighted by atomic mass is 32.2. The summed E-state index contributed by atoms with van der Waals surface area (Å²) in [6.45, 7) is 8.91. The number of nitrogens with zero attached hydrogens (tertiary/aromatic N) is 2. The van der Waals surface area contributed by atoms with Gasteiger partial charge in [-0.2, -0.15) is 4.72 Å². The number of aryl methyl sites for hydroxylation is 1. The predicted octanol–water partition coefficient (Wildman–Crippen LogP) is 1.78. The van der Waals surface area contributed by atoms with Gasteiger partial charge in [-0.3, -0.25) is 4.79 Å². The lowest BCUT2D eigenvalue weighted by Gasteiger charge is -2.35. The van der Waals surface area contributed by atoms with E-state index in [9.17, 15) is 13.2 Å². The van der Waals surface area contributed by atoms with E-state index in [1.54, 1.807) is 11.0 Å². The van der Waals surface area contributed by atoms with Crippen LogP contribution in [0.5, 0.6) is 0 Å². The largest absolute Gasteiger partial charge is 0.339 e. The molecule has 2 heterocycles. The van der Waals surface area contributed by atoms with E-state index in [-0.39, 0.29) is 16.0 Å². The lowest BCUT2D eigenvalue weighted by atomic mass is 10.0. The van der Waals surface area contributed by atoms with E-state index in [0.29, 0.717) is 19.5 Å². The lowest BCUT2D eigenvalue weighted by Crippen LogP contribution is -2.54. The Kier molecular flexibility index (Phi) is 7.01. The Morgan fingerprint density at radius 2 is 1.88 bits per heavy atom. The van der Waals surface area contributed by atoms with Crippen molar-refractivity contribution in [3.63, 3.8) is 0 Å². The van der Waals surface area contributed by atoms with Gasteiger partial charge in [-0.1, -0.05) is 20.8 Å². The highest BCUT2D eigenvalue weighted by molar-refractivity contribution is 7.91. The maximum absolute atomic E-state index is 12.9. The number of rotatable bonds is 7. The Bertz CT molecular complexity index is 677. The number of hydrogen-bond acceptors (Lipinski definition) is 5. The molecule has 8 heteroatoms. The monoisotopic (exact) mass is 387 g/mol. The SMILES string of the molecule is CCc1ccc(S(=O)(=O)N[C@H](CC(C)C)C(=O)N2CCN(C)CC2)s1. The zero-order valence-electron chi connectivity index (χ0n) is 15.5. The number of sulfonamides is 1. The van der Waals surface area contributed by atoms with Crippen LogP contribution in [0.4, 0.5) is 0 Å². The van der Waals surface area contributed by atoms with Crippen LogP contribution in [-0.2, 0) is 21.2 Å². The summed E-state index contributed by atoms with van der Waals surface area (Å²) in [5, 5.41) is 0. The minimum absolute atomic E-state index is 0.113. The average molecular weight is 388 g/mol. The summed E-state index contributed by atoms with van der Waals surface area (Å²) < 4.78 is 28.4. The second kappa shape index (κ2) is 8.62. The topological polar surface area (TPSA) is 69.7 Å². The molecule has 1 saturated heterocycles. The second-order valence-corrected chi connectivity index (χ2v) is 10.1. The molecule has 0 unspecified atom stereocenters. The number of piperazine rings is 1. The van der Waals surface area contributed by atoms with E-state index in [0.717, 1.165) is 24.4 Å². The Morgan fingerprint density at radius 3 is 2.40 bits per heavy atom. The summed E-state index contributed by atoms with van der Waals surface area (Å²) >= 11 is 1.27. The number of likely N-dealkylation sites (N-methyl/N-ethyl adjacent to an activating group) is 1. The minimum atomic E-state index is -3.68. The zero-order valence-corrected chi connectivity index (χ0v) is 17.1. The van der Waals surface area contributed by atoms with E-state index in [1.807, 2.05) is 33.9 Å². The van der Waals surface area contributed by atoms with Gasteiger partial charge in [-0.25, -0.2) is 8.42 Å². The lowest BCUT2D eigenvalue weighted by molar-refractivity contribution is -0.135. The Labute approximate surface area is 155 Å². The van der Waals surface area contributed by atoms with Gasteiger partial charge in [0.05, 0.1) is 0 Å². The van der Waals surface area contributed by atoms with Crippen molar-refractivity contribution < 1.29 is 13.2 Å². The normalized spacial score (nSPS) is 17.9. The molecule has 1 atom stereocenters. The van der Waals surface area contributed by atoms with Crippen LogP contribution in [0.2, 0.25) is 0 Å². The summed E-state index contributed by atoms with van der Waals surface area (Å²) in [6, 6.07) is 2.75. The maximum Gasteiger partial charge on any atom is 0.250 e. The number of hydrogen-bond donors (Lipinski definition) is 1. The molecule has 0 aliphatic carbocycles. The number of carbonyl (C=O) groups is 1. The summed E-state index contributed by atoms with van der Waals surface area (Å²) in [4.78, 5) is 17.9. The molecule has 2 rings (SSSR count). The molecule has 1 fully saturated rings. The van der Waals surface area contributed by atoms with Crippen LogP contribution >= 0.6 is 11.3 Å². The number of thiophene rings is 1.